The third-order valence-electron chi connectivity index (χ3n) is 6.02. The highest BCUT2D eigenvalue weighted by Crippen LogP contribution is 2.31. The van der Waals surface area contributed by atoms with E-state index in [1.807, 2.05) is 63.2 Å². The van der Waals surface area contributed by atoms with Gasteiger partial charge in [-0.15, -0.1) is 0 Å². The summed E-state index contributed by atoms with van der Waals surface area (Å²) in [4.78, 5) is 28.1. The van der Waals surface area contributed by atoms with E-state index in [0.717, 1.165) is 22.0 Å². The second-order valence-corrected chi connectivity index (χ2v) is 10.7. The molecule has 0 unspecified atom stereocenters. The van der Waals surface area contributed by atoms with Crippen LogP contribution >= 0.6 is 15.9 Å². The molecule has 2 amide bonds. The van der Waals surface area contributed by atoms with Gasteiger partial charge in [0, 0.05) is 12.6 Å². The summed E-state index contributed by atoms with van der Waals surface area (Å²) in [7, 11) is 1.60. The van der Waals surface area contributed by atoms with Crippen molar-refractivity contribution >= 4 is 27.7 Å². The van der Waals surface area contributed by atoms with Crippen molar-refractivity contribution in [2.24, 2.45) is 0 Å². The van der Waals surface area contributed by atoms with E-state index < -0.39 is 6.04 Å². The Morgan fingerprint density at radius 2 is 1.80 bits per heavy atom. The number of hydrogen-bond donors (Lipinski definition) is 1. The number of rotatable bonds is 11. The van der Waals surface area contributed by atoms with Gasteiger partial charge in [0.15, 0.2) is 6.61 Å². The number of carbonyl (C=O) groups excluding carboxylic acids is 2. The lowest BCUT2D eigenvalue weighted by atomic mass is 9.87. The number of halogens is 1. The van der Waals surface area contributed by atoms with Gasteiger partial charge >= 0.3 is 0 Å². The topological polar surface area (TPSA) is 67.9 Å². The molecule has 0 aromatic heterocycles. The van der Waals surface area contributed by atoms with E-state index in [1.165, 1.54) is 0 Å². The Bertz CT molecular complexity index is 1000. The van der Waals surface area contributed by atoms with Crippen molar-refractivity contribution in [3.63, 3.8) is 0 Å². The van der Waals surface area contributed by atoms with Gasteiger partial charge in [-0.2, -0.15) is 0 Å². The molecule has 2 aromatic carbocycles. The van der Waals surface area contributed by atoms with Crippen LogP contribution in [0.15, 0.2) is 46.9 Å². The lowest BCUT2D eigenvalue weighted by Gasteiger charge is -2.31. The second-order valence-electron chi connectivity index (χ2n) is 9.80. The van der Waals surface area contributed by atoms with Crippen LogP contribution in [0.5, 0.6) is 11.5 Å². The number of carbonyl (C=O) groups is 2. The summed E-state index contributed by atoms with van der Waals surface area (Å²) in [6.45, 7) is 12.4. The molecular formula is C28H39BrN2O4. The van der Waals surface area contributed by atoms with Crippen LogP contribution in [0.4, 0.5) is 0 Å². The molecule has 0 aliphatic rings. The molecule has 0 saturated carbocycles. The van der Waals surface area contributed by atoms with E-state index in [0.29, 0.717) is 17.9 Å². The maximum Gasteiger partial charge on any atom is 0.261 e. The third kappa shape index (κ3) is 8.27. The van der Waals surface area contributed by atoms with Crippen molar-refractivity contribution < 1.29 is 19.1 Å². The van der Waals surface area contributed by atoms with Gasteiger partial charge in [-0.3, -0.25) is 9.59 Å². The maximum atomic E-state index is 13.4. The summed E-state index contributed by atoms with van der Waals surface area (Å²) < 4.78 is 12.0. The van der Waals surface area contributed by atoms with Crippen LogP contribution in [-0.4, -0.2) is 42.5 Å². The number of nitrogens with zero attached hydrogens (tertiary/aromatic N) is 1. The van der Waals surface area contributed by atoms with Gasteiger partial charge in [0.2, 0.25) is 5.91 Å². The Hall–Kier alpha value is -2.54. The molecule has 35 heavy (non-hydrogen) atoms. The molecule has 0 saturated heterocycles. The molecule has 192 valence electrons. The average molecular weight is 548 g/mol. The van der Waals surface area contributed by atoms with Crippen LogP contribution in [0.1, 0.15) is 65.5 Å². The molecule has 0 fully saturated rings. The van der Waals surface area contributed by atoms with E-state index in [2.05, 4.69) is 42.0 Å². The number of amides is 2. The number of hydrogen-bond acceptors (Lipinski definition) is 4. The van der Waals surface area contributed by atoms with Gasteiger partial charge in [0.05, 0.1) is 11.6 Å². The summed E-state index contributed by atoms with van der Waals surface area (Å²) in [6, 6.07) is 12.8. The molecule has 1 N–H and O–H groups in total. The van der Waals surface area contributed by atoms with Crippen LogP contribution in [0, 0.1) is 0 Å². The number of benzene rings is 2. The van der Waals surface area contributed by atoms with Crippen LogP contribution in [0.2, 0.25) is 0 Å². The maximum absolute atomic E-state index is 13.4. The molecule has 2 atom stereocenters. The molecule has 2 aromatic rings. The highest BCUT2D eigenvalue weighted by atomic mass is 79.9. The molecule has 0 aliphatic carbocycles. The molecule has 6 nitrogen and oxygen atoms in total. The van der Waals surface area contributed by atoms with Gasteiger partial charge in [-0.05, 0) is 76.5 Å². The molecular weight excluding hydrogens is 508 g/mol. The predicted molar refractivity (Wildman–Crippen MR) is 144 cm³/mol. The first-order valence-corrected chi connectivity index (χ1v) is 12.9. The zero-order valence-corrected chi connectivity index (χ0v) is 23.6. The molecule has 0 aliphatic heterocycles. The minimum Gasteiger partial charge on any atom is -0.497 e. The molecule has 0 radical (unpaired) electrons. The van der Waals surface area contributed by atoms with Crippen molar-refractivity contribution in [1.82, 2.24) is 10.2 Å². The minimum absolute atomic E-state index is 0.00173. The molecule has 0 spiro atoms. The third-order valence-corrected chi connectivity index (χ3v) is 6.64. The van der Waals surface area contributed by atoms with Gasteiger partial charge < -0.3 is 19.7 Å². The normalized spacial score (nSPS) is 13.0. The zero-order chi connectivity index (χ0) is 26.2. The number of nitrogens with one attached hydrogen (secondary N) is 1. The second kappa shape index (κ2) is 13.0. The van der Waals surface area contributed by atoms with E-state index in [1.54, 1.807) is 12.0 Å². The molecule has 0 bridgehead atoms. The Morgan fingerprint density at radius 1 is 1.09 bits per heavy atom. The van der Waals surface area contributed by atoms with Crippen molar-refractivity contribution in [3.05, 3.63) is 58.1 Å². The summed E-state index contributed by atoms with van der Waals surface area (Å²) in [5, 5.41) is 3.02. The zero-order valence-electron chi connectivity index (χ0n) is 22.0. The van der Waals surface area contributed by atoms with Gasteiger partial charge in [0.1, 0.15) is 17.5 Å². The minimum atomic E-state index is -0.613. The van der Waals surface area contributed by atoms with Crippen molar-refractivity contribution in [1.29, 1.82) is 0 Å². The Balaban J connectivity index is 2.27. The van der Waals surface area contributed by atoms with E-state index in [4.69, 9.17) is 9.47 Å². The average Bonchev–Trinajstić information content (AvgIpc) is 2.82. The summed E-state index contributed by atoms with van der Waals surface area (Å²) >= 11 is 3.57. The van der Waals surface area contributed by atoms with Crippen molar-refractivity contribution in [2.45, 2.75) is 78.4 Å². The lowest BCUT2D eigenvalue weighted by Crippen LogP contribution is -2.51. The fourth-order valence-electron chi connectivity index (χ4n) is 3.63. The van der Waals surface area contributed by atoms with Gasteiger partial charge in [-0.25, -0.2) is 0 Å². The summed E-state index contributed by atoms with van der Waals surface area (Å²) in [5.74, 6) is 0.871. The van der Waals surface area contributed by atoms with Crippen LogP contribution in [0.3, 0.4) is 0 Å². The molecule has 7 heteroatoms. The van der Waals surface area contributed by atoms with Gasteiger partial charge in [0.25, 0.3) is 5.91 Å². The quantitative estimate of drug-likeness (QED) is 0.383. The Morgan fingerprint density at radius 3 is 2.37 bits per heavy atom. The molecule has 2 rings (SSSR count). The van der Waals surface area contributed by atoms with Crippen molar-refractivity contribution in [3.8, 4) is 11.5 Å². The van der Waals surface area contributed by atoms with Gasteiger partial charge in [-0.1, -0.05) is 52.8 Å². The SMILES string of the molecule is CC[C@H](C)NC(=O)[C@H](CC)N(Cc1cccc(OC)c1)C(=O)COc1ccc(C(C)(C)C)cc1Br. The first-order valence-electron chi connectivity index (χ1n) is 12.2. The molecule has 0 heterocycles. The fraction of sp³-hybridized carbons (Fsp3) is 0.500. The first-order chi connectivity index (χ1) is 16.5. The number of methoxy groups -OCH3 is 1. The van der Waals surface area contributed by atoms with Crippen LogP contribution in [0.25, 0.3) is 0 Å². The Kier molecular flexibility index (Phi) is 10.6. The Labute approximate surface area is 218 Å². The van der Waals surface area contributed by atoms with E-state index in [-0.39, 0.29) is 36.4 Å². The van der Waals surface area contributed by atoms with E-state index in [9.17, 15) is 9.59 Å². The monoisotopic (exact) mass is 546 g/mol. The smallest absolute Gasteiger partial charge is 0.261 e. The van der Waals surface area contributed by atoms with E-state index >= 15 is 0 Å². The predicted octanol–water partition coefficient (Wildman–Crippen LogP) is 5.86. The highest BCUT2D eigenvalue weighted by molar-refractivity contribution is 9.10. The first kappa shape index (κ1) is 28.7. The fourth-order valence-corrected chi connectivity index (χ4v) is 4.13. The standard InChI is InChI=1S/C28H39BrN2O4/c1-8-19(3)30-27(33)24(9-2)31(17-20-11-10-12-22(15-20)34-7)26(32)18-35-25-14-13-21(16-23(25)29)28(4,5)6/h10-16,19,24H,8-9,17-18H2,1-7H3,(H,30,33)/t19-,24-/m0/s1. The van der Waals surface area contributed by atoms with Crippen LogP contribution in [-0.2, 0) is 21.5 Å². The van der Waals surface area contributed by atoms with Crippen LogP contribution < -0.4 is 14.8 Å². The highest BCUT2D eigenvalue weighted by Gasteiger charge is 2.30. The lowest BCUT2D eigenvalue weighted by molar-refractivity contribution is -0.143. The largest absolute Gasteiger partial charge is 0.497 e. The summed E-state index contributed by atoms with van der Waals surface area (Å²) in [6.07, 6.45) is 1.30. The summed E-state index contributed by atoms with van der Waals surface area (Å²) in [5.41, 5.74) is 2.04. The van der Waals surface area contributed by atoms with Crippen molar-refractivity contribution in [2.75, 3.05) is 13.7 Å². The number of ether oxygens (including phenoxy) is 2.